The normalized spacial score (nSPS) is 10.8. The van der Waals surface area contributed by atoms with Crippen LogP contribution in [0.3, 0.4) is 0 Å². The molecule has 0 aliphatic rings. The van der Waals surface area contributed by atoms with E-state index in [-0.39, 0.29) is 5.91 Å². The minimum absolute atomic E-state index is 0.0739. The monoisotopic (exact) mass is 424 g/mol. The Bertz CT molecular complexity index is 1030. The van der Waals surface area contributed by atoms with Crippen LogP contribution in [0.4, 0.5) is 0 Å². The van der Waals surface area contributed by atoms with Crippen LogP contribution in [0.15, 0.2) is 42.5 Å². The molecular formula is C25H32N2O4. The van der Waals surface area contributed by atoms with Gasteiger partial charge in [-0.1, -0.05) is 25.5 Å². The van der Waals surface area contributed by atoms with Gasteiger partial charge in [-0.2, -0.15) is 0 Å². The minimum atomic E-state index is -0.0739. The summed E-state index contributed by atoms with van der Waals surface area (Å²) in [4.78, 5) is 13.1. The summed E-state index contributed by atoms with van der Waals surface area (Å²) in [5, 5.41) is 4.05. The molecule has 0 bridgehead atoms. The lowest BCUT2D eigenvalue weighted by molar-refractivity contribution is 0.0945. The van der Waals surface area contributed by atoms with Gasteiger partial charge in [0.2, 0.25) is 0 Å². The van der Waals surface area contributed by atoms with E-state index in [4.69, 9.17) is 14.2 Å². The first-order valence-electron chi connectivity index (χ1n) is 10.9. The van der Waals surface area contributed by atoms with Gasteiger partial charge in [-0.25, -0.2) is 0 Å². The molecule has 166 valence electrons. The highest BCUT2D eigenvalue weighted by Crippen LogP contribution is 2.30. The molecule has 3 rings (SSSR count). The maximum Gasteiger partial charge on any atom is 0.267 e. The van der Waals surface area contributed by atoms with Crippen molar-refractivity contribution in [2.24, 2.45) is 0 Å². The highest BCUT2D eigenvalue weighted by Gasteiger charge is 2.17. The average molecular weight is 425 g/mol. The first-order valence-corrected chi connectivity index (χ1v) is 10.9. The lowest BCUT2D eigenvalue weighted by atomic mass is 10.1. The number of unbranched alkanes of at least 4 members (excludes halogenated alkanes) is 1. The summed E-state index contributed by atoms with van der Waals surface area (Å²) in [5.74, 6) is 2.13. The number of aryl methyl sites for hydroxylation is 1. The first kappa shape index (κ1) is 22.5. The van der Waals surface area contributed by atoms with E-state index in [9.17, 15) is 4.79 Å². The van der Waals surface area contributed by atoms with Crippen molar-refractivity contribution in [1.82, 2.24) is 9.88 Å². The number of carbonyl (C=O) groups is 1. The number of hydrogen-bond donors (Lipinski definition) is 1. The van der Waals surface area contributed by atoms with Crippen LogP contribution in [0.1, 0.15) is 42.7 Å². The SMILES string of the molecule is CCCCn1c(C(=O)NCCc2ccc(OC)c(OC)c2)cc2c(OCC)cccc21. The molecular weight excluding hydrogens is 392 g/mol. The zero-order chi connectivity index (χ0) is 22.2. The Morgan fingerprint density at radius 3 is 2.52 bits per heavy atom. The molecule has 1 heterocycles. The molecule has 0 fully saturated rings. The van der Waals surface area contributed by atoms with Gasteiger partial charge in [-0.15, -0.1) is 0 Å². The van der Waals surface area contributed by atoms with Crippen LogP contribution >= 0.6 is 0 Å². The summed E-state index contributed by atoms with van der Waals surface area (Å²) in [7, 11) is 3.24. The number of carbonyl (C=O) groups excluding carboxylic acids is 1. The summed E-state index contributed by atoms with van der Waals surface area (Å²) in [6.07, 6.45) is 2.77. The largest absolute Gasteiger partial charge is 0.493 e. The second-order valence-electron chi connectivity index (χ2n) is 7.35. The summed E-state index contributed by atoms with van der Waals surface area (Å²) in [6.45, 7) is 6.04. The van der Waals surface area contributed by atoms with Gasteiger partial charge >= 0.3 is 0 Å². The fourth-order valence-corrected chi connectivity index (χ4v) is 3.73. The standard InChI is InChI=1S/C25H32N2O4/c1-5-7-15-27-20-9-8-10-22(31-6-2)19(20)17-21(27)25(28)26-14-13-18-11-12-23(29-3)24(16-18)30-4/h8-12,16-17H,5-7,13-15H2,1-4H3,(H,26,28). The number of ether oxygens (including phenoxy) is 3. The predicted molar refractivity (Wildman–Crippen MR) is 124 cm³/mol. The van der Waals surface area contributed by atoms with Crippen LogP contribution in [0.2, 0.25) is 0 Å². The van der Waals surface area contributed by atoms with Gasteiger partial charge in [-0.3, -0.25) is 4.79 Å². The van der Waals surface area contributed by atoms with Gasteiger partial charge in [0.05, 0.1) is 26.3 Å². The van der Waals surface area contributed by atoms with E-state index >= 15 is 0 Å². The van der Waals surface area contributed by atoms with E-state index in [1.54, 1.807) is 14.2 Å². The van der Waals surface area contributed by atoms with E-state index in [2.05, 4.69) is 16.8 Å². The summed E-state index contributed by atoms with van der Waals surface area (Å²) >= 11 is 0. The average Bonchev–Trinajstić information content (AvgIpc) is 3.17. The van der Waals surface area contributed by atoms with Gasteiger partial charge in [-0.05, 0) is 55.7 Å². The Kier molecular flexibility index (Phi) is 7.82. The lowest BCUT2D eigenvalue weighted by Crippen LogP contribution is -2.28. The van der Waals surface area contributed by atoms with Crippen LogP contribution in [0, 0.1) is 0 Å². The van der Waals surface area contributed by atoms with Crippen molar-refractivity contribution in [3.8, 4) is 17.2 Å². The second kappa shape index (κ2) is 10.8. The minimum Gasteiger partial charge on any atom is -0.493 e. The van der Waals surface area contributed by atoms with Gasteiger partial charge in [0.15, 0.2) is 11.5 Å². The van der Waals surface area contributed by atoms with Crippen molar-refractivity contribution < 1.29 is 19.0 Å². The fraction of sp³-hybridized carbons (Fsp3) is 0.400. The number of methoxy groups -OCH3 is 2. The van der Waals surface area contributed by atoms with Crippen LogP contribution in [-0.2, 0) is 13.0 Å². The lowest BCUT2D eigenvalue weighted by Gasteiger charge is -2.12. The molecule has 31 heavy (non-hydrogen) atoms. The van der Waals surface area contributed by atoms with E-state index < -0.39 is 0 Å². The van der Waals surface area contributed by atoms with Crippen LogP contribution < -0.4 is 19.5 Å². The van der Waals surface area contributed by atoms with Crippen molar-refractivity contribution in [2.75, 3.05) is 27.4 Å². The number of fused-ring (bicyclic) bond motifs is 1. The Labute approximate surface area is 184 Å². The third-order valence-electron chi connectivity index (χ3n) is 5.32. The summed E-state index contributed by atoms with van der Waals surface area (Å²) < 4.78 is 18.5. The number of hydrogen-bond acceptors (Lipinski definition) is 4. The molecule has 1 N–H and O–H groups in total. The molecule has 0 saturated carbocycles. The Balaban J connectivity index is 1.77. The molecule has 2 aromatic carbocycles. The van der Waals surface area contributed by atoms with E-state index in [0.717, 1.165) is 41.6 Å². The molecule has 0 unspecified atom stereocenters. The summed E-state index contributed by atoms with van der Waals surface area (Å²) in [6, 6.07) is 13.7. The molecule has 3 aromatic rings. The van der Waals surface area contributed by atoms with Crippen molar-refractivity contribution in [2.45, 2.75) is 39.7 Å². The Morgan fingerprint density at radius 1 is 1.00 bits per heavy atom. The second-order valence-corrected chi connectivity index (χ2v) is 7.35. The maximum absolute atomic E-state index is 13.1. The smallest absolute Gasteiger partial charge is 0.267 e. The van der Waals surface area contributed by atoms with Crippen LogP contribution in [0.5, 0.6) is 17.2 Å². The van der Waals surface area contributed by atoms with Crippen LogP contribution in [0.25, 0.3) is 10.9 Å². The van der Waals surface area contributed by atoms with E-state index in [1.807, 2.05) is 49.4 Å². The number of nitrogens with one attached hydrogen (secondary N) is 1. The highest BCUT2D eigenvalue weighted by molar-refractivity contribution is 6.00. The van der Waals surface area contributed by atoms with Crippen molar-refractivity contribution in [3.05, 3.63) is 53.7 Å². The zero-order valence-corrected chi connectivity index (χ0v) is 18.9. The van der Waals surface area contributed by atoms with Gasteiger partial charge in [0.25, 0.3) is 5.91 Å². The van der Waals surface area contributed by atoms with Gasteiger partial charge < -0.3 is 24.1 Å². The molecule has 1 aromatic heterocycles. The fourth-order valence-electron chi connectivity index (χ4n) is 3.73. The molecule has 0 radical (unpaired) electrons. The molecule has 6 nitrogen and oxygen atoms in total. The number of rotatable bonds is 11. The molecule has 0 aliphatic carbocycles. The molecule has 0 saturated heterocycles. The summed E-state index contributed by atoms with van der Waals surface area (Å²) in [5.41, 5.74) is 2.77. The van der Waals surface area contributed by atoms with Crippen LogP contribution in [-0.4, -0.2) is 37.8 Å². The Morgan fingerprint density at radius 2 is 1.81 bits per heavy atom. The number of nitrogens with zero attached hydrogens (tertiary/aromatic N) is 1. The third-order valence-corrected chi connectivity index (χ3v) is 5.32. The number of amides is 1. The van der Waals surface area contributed by atoms with Crippen molar-refractivity contribution in [1.29, 1.82) is 0 Å². The Hall–Kier alpha value is -3.15. The maximum atomic E-state index is 13.1. The van der Waals surface area contributed by atoms with Crippen molar-refractivity contribution in [3.63, 3.8) is 0 Å². The first-order chi connectivity index (χ1) is 15.1. The van der Waals surface area contributed by atoms with E-state index in [1.165, 1.54) is 0 Å². The molecule has 0 spiro atoms. The third kappa shape index (κ3) is 5.13. The van der Waals surface area contributed by atoms with Gasteiger partial charge in [0.1, 0.15) is 11.4 Å². The van der Waals surface area contributed by atoms with Crippen molar-refractivity contribution >= 4 is 16.8 Å². The zero-order valence-electron chi connectivity index (χ0n) is 18.9. The molecule has 0 atom stereocenters. The molecule has 6 heteroatoms. The van der Waals surface area contributed by atoms with E-state index in [0.29, 0.717) is 36.8 Å². The predicted octanol–water partition coefficient (Wildman–Crippen LogP) is 4.83. The topological polar surface area (TPSA) is 61.7 Å². The molecule has 1 amide bonds. The quantitative estimate of drug-likeness (QED) is 0.479. The highest BCUT2D eigenvalue weighted by atomic mass is 16.5. The van der Waals surface area contributed by atoms with Gasteiger partial charge in [0, 0.05) is 18.5 Å². The number of aromatic nitrogens is 1. The number of benzene rings is 2. The molecule has 0 aliphatic heterocycles.